The smallest absolute Gasteiger partial charge is 0.316 e. The van der Waals surface area contributed by atoms with E-state index in [4.69, 9.17) is 4.42 Å². The number of aryl methyl sites for hydroxylation is 1. The standard InChI is InChI=1S/C12H13N5OS/c1-8-9(7-14-17(8)2)6-13-12-16-15-11(18-12)10-4-3-5-19-10/h3-5,7H,6H2,1-2H3,(H,13,16). The number of thiophene rings is 1. The molecular weight excluding hydrogens is 262 g/mol. The maximum atomic E-state index is 5.55. The summed E-state index contributed by atoms with van der Waals surface area (Å²) in [6.45, 7) is 2.64. The van der Waals surface area contributed by atoms with Crippen molar-refractivity contribution in [3.8, 4) is 10.8 Å². The van der Waals surface area contributed by atoms with Crippen LogP contribution in [0.1, 0.15) is 11.3 Å². The first kappa shape index (κ1) is 11.9. The largest absolute Gasteiger partial charge is 0.403 e. The molecule has 3 rings (SSSR count). The Morgan fingerprint density at radius 3 is 3.00 bits per heavy atom. The second-order valence-corrected chi connectivity index (χ2v) is 5.07. The van der Waals surface area contributed by atoms with Crippen LogP contribution in [-0.4, -0.2) is 20.0 Å². The molecule has 0 aliphatic carbocycles. The lowest BCUT2D eigenvalue weighted by Gasteiger charge is -2.00. The van der Waals surface area contributed by atoms with Gasteiger partial charge in [0.25, 0.3) is 5.89 Å². The first-order chi connectivity index (χ1) is 9.24. The molecule has 7 heteroatoms. The number of anilines is 1. The highest BCUT2D eigenvalue weighted by Gasteiger charge is 2.10. The summed E-state index contributed by atoms with van der Waals surface area (Å²) in [6.07, 6.45) is 1.83. The first-order valence-corrected chi connectivity index (χ1v) is 6.71. The third-order valence-corrected chi connectivity index (χ3v) is 3.78. The number of nitrogens with zero attached hydrogens (tertiary/aromatic N) is 4. The van der Waals surface area contributed by atoms with Crippen molar-refractivity contribution in [1.29, 1.82) is 0 Å². The zero-order valence-electron chi connectivity index (χ0n) is 10.6. The Morgan fingerprint density at radius 1 is 1.42 bits per heavy atom. The van der Waals surface area contributed by atoms with E-state index in [-0.39, 0.29) is 0 Å². The zero-order chi connectivity index (χ0) is 13.2. The van der Waals surface area contributed by atoms with Gasteiger partial charge in [-0.15, -0.1) is 16.4 Å². The van der Waals surface area contributed by atoms with E-state index in [0.29, 0.717) is 18.5 Å². The molecule has 0 aromatic carbocycles. The Morgan fingerprint density at radius 2 is 2.32 bits per heavy atom. The van der Waals surface area contributed by atoms with Crippen LogP contribution in [0.25, 0.3) is 10.8 Å². The molecule has 1 N–H and O–H groups in total. The average molecular weight is 275 g/mol. The highest BCUT2D eigenvalue weighted by atomic mass is 32.1. The maximum absolute atomic E-state index is 5.55. The van der Waals surface area contributed by atoms with Gasteiger partial charge in [0.15, 0.2) is 0 Å². The summed E-state index contributed by atoms with van der Waals surface area (Å²) < 4.78 is 7.38. The van der Waals surface area contributed by atoms with Crippen LogP contribution < -0.4 is 5.32 Å². The lowest BCUT2D eigenvalue weighted by molar-refractivity contribution is 0.582. The molecule has 3 aromatic rings. The summed E-state index contributed by atoms with van der Waals surface area (Å²) >= 11 is 1.57. The van der Waals surface area contributed by atoms with E-state index in [2.05, 4.69) is 20.6 Å². The summed E-state index contributed by atoms with van der Waals surface area (Å²) in [6, 6.07) is 4.33. The van der Waals surface area contributed by atoms with Crippen molar-refractivity contribution in [2.45, 2.75) is 13.5 Å². The number of hydrogen-bond acceptors (Lipinski definition) is 6. The van der Waals surface area contributed by atoms with E-state index < -0.39 is 0 Å². The lowest BCUT2D eigenvalue weighted by Crippen LogP contribution is -2.01. The maximum Gasteiger partial charge on any atom is 0.316 e. The molecule has 0 aliphatic heterocycles. The van der Waals surface area contributed by atoms with Crippen LogP contribution in [0.15, 0.2) is 28.1 Å². The average Bonchev–Trinajstić information content (AvgIpc) is 3.11. The quantitative estimate of drug-likeness (QED) is 0.792. The molecule has 98 valence electrons. The van der Waals surface area contributed by atoms with E-state index >= 15 is 0 Å². The minimum absolute atomic E-state index is 0.423. The fourth-order valence-corrected chi connectivity index (χ4v) is 2.33. The van der Waals surface area contributed by atoms with Crippen LogP contribution in [0.4, 0.5) is 6.01 Å². The molecule has 0 atom stereocenters. The minimum Gasteiger partial charge on any atom is -0.403 e. The van der Waals surface area contributed by atoms with Gasteiger partial charge in [-0.2, -0.15) is 5.10 Å². The topological polar surface area (TPSA) is 68.8 Å². The van der Waals surface area contributed by atoms with Gasteiger partial charge in [0.2, 0.25) is 0 Å². The summed E-state index contributed by atoms with van der Waals surface area (Å²) in [4.78, 5) is 0.970. The van der Waals surface area contributed by atoms with Crippen molar-refractivity contribution in [1.82, 2.24) is 20.0 Å². The molecule has 3 heterocycles. The predicted octanol–water partition coefficient (Wildman–Crippen LogP) is 2.45. The number of hydrogen-bond donors (Lipinski definition) is 1. The summed E-state index contributed by atoms with van der Waals surface area (Å²) in [5.74, 6) is 0.542. The molecule has 0 amide bonds. The molecule has 0 bridgehead atoms. The monoisotopic (exact) mass is 275 g/mol. The van der Waals surface area contributed by atoms with Gasteiger partial charge >= 0.3 is 6.01 Å². The van der Waals surface area contributed by atoms with Gasteiger partial charge in [-0.3, -0.25) is 4.68 Å². The van der Waals surface area contributed by atoms with Crippen molar-refractivity contribution >= 4 is 17.4 Å². The molecule has 0 saturated carbocycles. The molecule has 0 fully saturated rings. The lowest BCUT2D eigenvalue weighted by atomic mass is 10.2. The van der Waals surface area contributed by atoms with Crippen LogP contribution >= 0.6 is 11.3 Å². The fourth-order valence-electron chi connectivity index (χ4n) is 1.68. The first-order valence-electron chi connectivity index (χ1n) is 5.83. The van der Waals surface area contributed by atoms with E-state index in [0.717, 1.165) is 16.1 Å². The van der Waals surface area contributed by atoms with Crippen molar-refractivity contribution in [3.05, 3.63) is 35.0 Å². The van der Waals surface area contributed by atoms with E-state index in [1.165, 1.54) is 0 Å². The van der Waals surface area contributed by atoms with E-state index in [1.54, 1.807) is 11.3 Å². The van der Waals surface area contributed by atoms with Gasteiger partial charge in [0.05, 0.1) is 11.1 Å². The van der Waals surface area contributed by atoms with Gasteiger partial charge in [-0.25, -0.2) is 0 Å². The number of rotatable bonds is 4. The Labute approximate surface area is 114 Å². The minimum atomic E-state index is 0.423. The molecule has 0 saturated heterocycles. The Hall–Kier alpha value is -2.15. The Bertz CT molecular complexity index is 670. The van der Waals surface area contributed by atoms with Crippen molar-refractivity contribution in [2.24, 2.45) is 7.05 Å². The fraction of sp³-hybridized carbons (Fsp3) is 0.250. The van der Waals surface area contributed by atoms with Gasteiger partial charge in [-0.05, 0) is 18.4 Å². The molecule has 19 heavy (non-hydrogen) atoms. The normalized spacial score (nSPS) is 10.8. The van der Waals surface area contributed by atoms with Crippen LogP contribution in [0.3, 0.4) is 0 Å². The second-order valence-electron chi connectivity index (χ2n) is 4.12. The number of nitrogens with one attached hydrogen (secondary N) is 1. The third kappa shape index (κ3) is 2.37. The Kier molecular flexibility index (Phi) is 3.04. The van der Waals surface area contributed by atoms with Gasteiger partial charge < -0.3 is 9.73 Å². The van der Waals surface area contributed by atoms with E-state index in [1.807, 2.05) is 42.4 Å². The van der Waals surface area contributed by atoms with Gasteiger partial charge in [-0.1, -0.05) is 11.2 Å². The summed E-state index contributed by atoms with van der Waals surface area (Å²) in [5.41, 5.74) is 2.23. The summed E-state index contributed by atoms with van der Waals surface area (Å²) in [5, 5.41) is 17.3. The Balaban J connectivity index is 1.69. The molecule has 0 radical (unpaired) electrons. The second kappa shape index (κ2) is 4.85. The van der Waals surface area contributed by atoms with Crippen LogP contribution in [0.2, 0.25) is 0 Å². The predicted molar refractivity (Wildman–Crippen MR) is 72.9 cm³/mol. The van der Waals surface area contributed by atoms with Crippen molar-refractivity contribution in [2.75, 3.05) is 5.32 Å². The molecule has 0 unspecified atom stereocenters. The summed E-state index contributed by atoms with van der Waals surface area (Å²) in [7, 11) is 1.92. The molecule has 6 nitrogen and oxygen atoms in total. The molecule has 3 aromatic heterocycles. The van der Waals surface area contributed by atoms with Crippen LogP contribution in [0, 0.1) is 6.92 Å². The third-order valence-electron chi connectivity index (χ3n) is 2.92. The van der Waals surface area contributed by atoms with Gasteiger partial charge in [0.1, 0.15) is 0 Å². The highest BCUT2D eigenvalue weighted by Crippen LogP contribution is 2.24. The van der Waals surface area contributed by atoms with Crippen LogP contribution in [0.5, 0.6) is 0 Å². The highest BCUT2D eigenvalue weighted by molar-refractivity contribution is 7.13. The molecular formula is C12H13N5OS. The zero-order valence-corrected chi connectivity index (χ0v) is 11.4. The number of aromatic nitrogens is 4. The van der Waals surface area contributed by atoms with Crippen molar-refractivity contribution < 1.29 is 4.42 Å². The molecule has 0 aliphatic rings. The van der Waals surface area contributed by atoms with Crippen LogP contribution in [-0.2, 0) is 13.6 Å². The van der Waals surface area contributed by atoms with Gasteiger partial charge in [0, 0.05) is 24.8 Å². The molecule has 0 spiro atoms. The SMILES string of the molecule is Cc1c(CNc2nnc(-c3cccs3)o2)cnn1C. The van der Waals surface area contributed by atoms with E-state index in [9.17, 15) is 0 Å². The van der Waals surface area contributed by atoms with Crippen molar-refractivity contribution in [3.63, 3.8) is 0 Å².